The van der Waals surface area contributed by atoms with E-state index in [4.69, 9.17) is 9.47 Å². The van der Waals surface area contributed by atoms with E-state index in [1.807, 2.05) is 6.92 Å². The third-order valence-corrected chi connectivity index (χ3v) is 3.30. The molecular weight excluding hydrogens is 284 g/mol. The molecule has 1 atom stereocenters. The van der Waals surface area contributed by atoms with Crippen LogP contribution in [0.1, 0.15) is 32.6 Å². The van der Waals surface area contributed by atoms with E-state index in [1.54, 1.807) is 7.05 Å². The molecule has 0 aromatic carbocycles. The Bertz CT molecular complexity index is 331. The minimum absolute atomic E-state index is 0.0234. The van der Waals surface area contributed by atoms with Crippen LogP contribution in [0.15, 0.2) is 4.99 Å². The summed E-state index contributed by atoms with van der Waals surface area (Å²) >= 11 is 0. The van der Waals surface area contributed by atoms with Crippen molar-refractivity contribution in [2.75, 3.05) is 46.5 Å². The maximum atomic E-state index is 11.5. The van der Waals surface area contributed by atoms with Crippen LogP contribution in [0.2, 0.25) is 0 Å². The van der Waals surface area contributed by atoms with Gasteiger partial charge in [0.1, 0.15) is 0 Å². The summed E-state index contributed by atoms with van der Waals surface area (Å²) in [5, 5.41) is 8.94. The lowest BCUT2D eigenvalue weighted by Crippen LogP contribution is -2.43. The zero-order valence-electron chi connectivity index (χ0n) is 13.8. The van der Waals surface area contributed by atoms with Crippen molar-refractivity contribution in [2.45, 2.75) is 38.7 Å². The van der Waals surface area contributed by atoms with Gasteiger partial charge in [-0.05, 0) is 25.7 Å². The molecule has 1 aliphatic rings. The van der Waals surface area contributed by atoms with Crippen LogP contribution < -0.4 is 16.0 Å². The molecule has 0 radical (unpaired) electrons. The van der Waals surface area contributed by atoms with Gasteiger partial charge in [0.25, 0.3) is 0 Å². The molecule has 1 aliphatic heterocycles. The second-order valence-corrected chi connectivity index (χ2v) is 5.27. The van der Waals surface area contributed by atoms with Crippen LogP contribution in [-0.2, 0) is 14.3 Å². The van der Waals surface area contributed by atoms with Gasteiger partial charge in [-0.25, -0.2) is 0 Å². The van der Waals surface area contributed by atoms with Gasteiger partial charge in [0.05, 0.1) is 19.3 Å². The topological polar surface area (TPSA) is 84.0 Å². The average molecular weight is 314 g/mol. The molecule has 7 nitrogen and oxygen atoms in total. The van der Waals surface area contributed by atoms with E-state index in [0.29, 0.717) is 25.7 Å². The number of carbonyl (C=O) groups is 1. The van der Waals surface area contributed by atoms with Crippen molar-refractivity contribution < 1.29 is 14.3 Å². The first-order valence-corrected chi connectivity index (χ1v) is 8.16. The highest BCUT2D eigenvalue weighted by molar-refractivity contribution is 5.86. The molecule has 1 saturated heterocycles. The Morgan fingerprint density at radius 3 is 2.86 bits per heavy atom. The monoisotopic (exact) mass is 314 g/mol. The van der Waals surface area contributed by atoms with E-state index >= 15 is 0 Å². The maximum absolute atomic E-state index is 11.5. The molecule has 1 amide bonds. The van der Waals surface area contributed by atoms with Crippen molar-refractivity contribution in [1.29, 1.82) is 0 Å². The van der Waals surface area contributed by atoms with Crippen LogP contribution >= 0.6 is 0 Å². The smallest absolute Gasteiger partial charge is 0.239 e. The van der Waals surface area contributed by atoms with E-state index in [-0.39, 0.29) is 18.6 Å². The SMILES string of the molecule is CCCNC(=O)CNC(=NC)NCCCOCC1CCCO1. The van der Waals surface area contributed by atoms with Crippen LogP contribution in [0.3, 0.4) is 0 Å². The number of rotatable bonds is 10. The number of nitrogens with one attached hydrogen (secondary N) is 3. The predicted octanol–water partition coefficient (Wildman–Crippen LogP) is 0.263. The Kier molecular flexibility index (Phi) is 10.4. The molecule has 0 spiro atoms. The van der Waals surface area contributed by atoms with Gasteiger partial charge in [0.2, 0.25) is 5.91 Å². The van der Waals surface area contributed by atoms with Crippen molar-refractivity contribution in [3.05, 3.63) is 0 Å². The fourth-order valence-corrected chi connectivity index (χ4v) is 2.08. The van der Waals surface area contributed by atoms with E-state index in [1.165, 1.54) is 0 Å². The Labute approximate surface area is 133 Å². The van der Waals surface area contributed by atoms with Crippen LogP contribution in [0.4, 0.5) is 0 Å². The number of hydrogen-bond acceptors (Lipinski definition) is 4. The lowest BCUT2D eigenvalue weighted by Gasteiger charge is -2.13. The van der Waals surface area contributed by atoms with Gasteiger partial charge in [-0.15, -0.1) is 0 Å². The van der Waals surface area contributed by atoms with Crippen molar-refractivity contribution in [3.8, 4) is 0 Å². The lowest BCUT2D eigenvalue weighted by molar-refractivity contribution is -0.120. The maximum Gasteiger partial charge on any atom is 0.239 e. The van der Waals surface area contributed by atoms with Crippen molar-refractivity contribution in [2.24, 2.45) is 4.99 Å². The van der Waals surface area contributed by atoms with Crippen LogP contribution in [0, 0.1) is 0 Å². The fourth-order valence-electron chi connectivity index (χ4n) is 2.08. The molecule has 0 aliphatic carbocycles. The highest BCUT2D eigenvalue weighted by atomic mass is 16.5. The van der Waals surface area contributed by atoms with Gasteiger partial charge >= 0.3 is 0 Å². The highest BCUT2D eigenvalue weighted by Crippen LogP contribution is 2.11. The normalized spacial score (nSPS) is 18.3. The number of amides is 1. The molecule has 3 N–H and O–H groups in total. The summed E-state index contributed by atoms with van der Waals surface area (Å²) in [5.41, 5.74) is 0. The van der Waals surface area contributed by atoms with Crippen molar-refractivity contribution in [3.63, 3.8) is 0 Å². The quantitative estimate of drug-likeness (QED) is 0.306. The molecule has 1 heterocycles. The van der Waals surface area contributed by atoms with Crippen LogP contribution in [-0.4, -0.2) is 64.5 Å². The molecule has 7 heteroatoms. The molecule has 0 bridgehead atoms. The Balaban J connectivity index is 1.97. The Hall–Kier alpha value is -1.34. The highest BCUT2D eigenvalue weighted by Gasteiger charge is 2.14. The van der Waals surface area contributed by atoms with E-state index < -0.39 is 0 Å². The molecule has 1 unspecified atom stereocenters. The van der Waals surface area contributed by atoms with E-state index in [0.717, 1.165) is 38.8 Å². The van der Waals surface area contributed by atoms with Crippen LogP contribution in [0.5, 0.6) is 0 Å². The molecule has 1 rings (SSSR count). The summed E-state index contributed by atoms with van der Waals surface area (Å²) in [6.45, 7) is 5.95. The second-order valence-electron chi connectivity index (χ2n) is 5.27. The van der Waals surface area contributed by atoms with Gasteiger partial charge in [0.15, 0.2) is 5.96 Å². The standard InChI is InChI=1S/C15H30N4O3/c1-3-7-17-14(20)11-19-15(16-2)18-8-5-9-21-12-13-6-4-10-22-13/h13H,3-12H2,1-2H3,(H,17,20)(H2,16,18,19). The van der Waals surface area contributed by atoms with Gasteiger partial charge < -0.3 is 25.4 Å². The third-order valence-electron chi connectivity index (χ3n) is 3.30. The van der Waals surface area contributed by atoms with Crippen LogP contribution in [0.25, 0.3) is 0 Å². The second kappa shape index (κ2) is 12.2. The third kappa shape index (κ3) is 8.84. The van der Waals surface area contributed by atoms with Crippen molar-refractivity contribution in [1.82, 2.24) is 16.0 Å². The molecule has 0 aromatic rings. The van der Waals surface area contributed by atoms with E-state index in [9.17, 15) is 4.79 Å². The van der Waals surface area contributed by atoms with E-state index in [2.05, 4.69) is 20.9 Å². The molecule has 0 saturated carbocycles. The predicted molar refractivity (Wildman–Crippen MR) is 87.1 cm³/mol. The summed E-state index contributed by atoms with van der Waals surface area (Å²) in [4.78, 5) is 15.5. The lowest BCUT2D eigenvalue weighted by atomic mass is 10.2. The summed E-state index contributed by atoms with van der Waals surface area (Å²) in [7, 11) is 1.69. The summed E-state index contributed by atoms with van der Waals surface area (Å²) in [6.07, 6.45) is 4.35. The average Bonchev–Trinajstić information content (AvgIpc) is 3.04. The number of aliphatic imine (C=N–C) groups is 1. The largest absolute Gasteiger partial charge is 0.379 e. The zero-order chi connectivity index (χ0) is 16.0. The summed E-state index contributed by atoms with van der Waals surface area (Å²) in [5.74, 6) is 0.607. The Morgan fingerprint density at radius 1 is 1.32 bits per heavy atom. The number of hydrogen-bond donors (Lipinski definition) is 3. The number of nitrogens with zero attached hydrogens (tertiary/aromatic N) is 1. The fraction of sp³-hybridized carbons (Fsp3) is 0.867. The summed E-state index contributed by atoms with van der Waals surface area (Å²) < 4.78 is 11.1. The van der Waals surface area contributed by atoms with Gasteiger partial charge in [-0.3, -0.25) is 9.79 Å². The van der Waals surface area contributed by atoms with Gasteiger partial charge in [-0.1, -0.05) is 6.92 Å². The first-order chi connectivity index (χ1) is 10.8. The number of guanidine groups is 1. The molecule has 1 fully saturated rings. The molecule has 22 heavy (non-hydrogen) atoms. The number of carbonyl (C=O) groups excluding carboxylic acids is 1. The first kappa shape index (κ1) is 18.7. The number of ether oxygens (including phenoxy) is 2. The Morgan fingerprint density at radius 2 is 2.18 bits per heavy atom. The molecule has 128 valence electrons. The van der Waals surface area contributed by atoms with Gasteiger partial charge in [0, 0.05) is 33.4 Å². The minimum atomic E-state index is -0.0234. The zero-order valence-corrected chi connectivity index (χ0v) is 13.8. The summed E-state index contributed by atoms with van der Waals surface area (Å²) in [6, 6.07) is 0. The first-order valence-electron chi connectivity index (χ1n) is 8.16. The minimum Gasteiger partial charge on any atom is -0.379 e. The molecular formula is C15H30N4O3. The van der Waals surface area contributed by atoms with Crippen molar-refractivity contribution >= 4 is 11.9 Å². The molecule has 0 aromatic heterocycles. The van der Waals surface area contributed by atoms with Gasteiger partial charge in [-0.2, -0.15) is 0 Å².